The van der Waals surface area contributed by atoms with Crippen LogP contribution >= 0.6 is 15.9 Å². The second-order valence-electron chi connectivity index (χ2n) is 10.2. The number of halogens is 1. The molecule has 9 heteroatoms. The van der Waals surface area contributed by atoms with Gasteiger partial charge in [0.2, 0.25) is 21.8 Å². The molecule has 0 fully saturated rings. The van der Waals surface area contributed by atoms with Gasteiger partial charge in [-0.1, -0.05) is 83.0 Å². The van der Waals surface area contributed by atoms with Gasteiger partial charge in [0.1, 0.15) is 12.6 Å². The van der Waals surface area contributed by atoms with Gasteiger partial charge in [0.25, 0.3) is 0 Å². The molecule has 0 aliphatic rings. The molecule has 0 unspecified atom stereocenters. The molecule has 7 nitrogen and oxygen atoms in total. The highest BCUT2D eigenvalue weighted by Crippen LogP contribution is 2.25. The third-order valence-electron chi connectivity index (χ3n) is 6.84. The lowest BCUT2D eigenvalue weighted by Crippen LogP contribution is -2.54. The summed E-state index contributed by atoms with van der Waals surface area (Å²) >= 11 is 3.45. The van der Waals surface area contributed by atoms with Crippen LogP contribution in [0.3, 0.4) is 0 Å². The lowest BCUT2D eigenvalue weighted by Gasteiger charge is -2.34. The molecule has 40 heavy (non-hydrogen) atoms. The molecule has 3 rings (SSSR count). The topological polar surface area (TPSA) is 86.8 Å². The van der Waals surface area contributed by atoms with Crippen LogP contribution < -0.4 is 9.62 Å². The summed E-state index contributed by atoms with van der Waals surface area (Å²) in [5.41, 5.74) is 3.89. The fraction of sp³-hybridized carbons (Fsp3) is 0.355. The van der Waals surface area contributed by atoms with Crippen LogP contribution in [-0.2, 0) is 32.6 Å². The lowest BCUT2D eigenvalue weighted by atomic mass is 10.0. The van der Waals surface area contributed by atoms with E-state index in [0.29, 0.717) is 5.69 Å². The summed E-state index contributed by atoms with van der Waals surface area (Å²) in [6, 6.07) is 21.5. The third kappa shape index (κ3) is 8.66. The van der Waals surface area contributed by atoms with E-state index >= 15 is 0 Å². The summed E-state index contributed by atoms with van der Waals surface area (Å²) in [6.45, 7) is 7.36. The van der Waals surface area contributed by atoms with Crippen molar-refractivity contribution in [2.75, 3.05) is 17.1 Å². The van der Waals surface area contributed by atoms with Crippen LogP contribution in [0, 0.1) is 13.8 Å². The number of sulfonamides is 1. The summed E-state index contributed by atoms with van der Waals surface area (Å²) in [5.74, 6) is -0.741. The molecule has 0 aliphatic heterocycles. The van der Waals surface area contributed by atoms with Gasteiger partial charge in [-0.15, -0.1) is 0 Å². The van der Waals surface area contributed by atoms with Crippen LogP contribution in [0.15, 0.2) is 77.3 Å². The maximum Gasteiger partial charge on any atom is 0.244 e. The Kier molecular flexibility index (Phi) is 10.9. The Morgan fingerprint density at radius 3 is 2.17 bits per heavy atom. The molecule has 2 atom stereocenters. The molecule has 214 valence electrons. The molecule has 0 spiro atoms. The van der Waals surface area contributed by atoms with Crippen molar-refractivity contribution in [2.45, 2.75) is 59.2 Å². The summed E-state index contributed by atoms with van der Waals surface area (Å²) in [4.78, 5) is 29.4. The lowest BCUT2D eigenvalue weighted by molar-refractivity contribution is -0.140. The van der Waals surface area contributed by atoms with Crippen LogP contribution in [0.4, 0.5) is 5.69 Å². The number of benzene rings is 3. The predicted octanol–water partition coefficient (Wildman–Crippen LogP) is 5.39. The van der Waals surface area contributed by atoms with E-state index in [9.17, 15) is 18.0 Å². The Morgan fingerprint density at radius 1 is 0.950 bits per heavy atom. The molecule has 0 aromatic heterocycles. The van der Waals surface area contributed by atoms with Crippen LogP contribution in [-0.4, -0.2) is 50.0 Å². The van der Waals surface area contributed by atoms with Crippen molar-refractivity contribution in [3.8, 4) is 0 Å². The van der Waals surface area contributed by atoms with Gasteiger partial charge < -0.3 is 10.2 Å². The molecule has 3 aromatic carbocycles. The molecule has 0 saturated carbocycles. The minimum atomic E-state index is -3.81. The first-order valence-electron chi connectivity index (χ1n) is 13.3. The number of carbonyl (C=O) groups excluding carboxylic acids is 2. The van der Waals surface area contributed by atoms with Gasteiger partial charge in [-0.05, 0) is 62.1 Å². The fourth-order valence-corrected chi connectivity index (χ4v) is 5.63. The normalized spacial score (nSPS) is 12.8. The van der Waals surface area contributed by atoms with Gasteiger partial charge in [0.15, 0.2) is 0 Å². The molecule has 1 N–H and O–H groups in total. The minimum absolute atomic E-state index is 0.0851. The van der Waals surface area contributed by atoms with Crippen molar-refractivity contribution in [1.29, 1.82) is 0 Å². The number of carbonyl (C=O) groups is 2. The zero-order chi connectivity index (χ0) is 29.4. The van der Waals surface area contributed by atoms with Crippen molar-refractivity contribution in [1.82, 2.24) is 10.2 Å². The fourth-order valence-electron chi connectivity index (χ4n) is 4.46. The quantitative estimate of drug-likeness (QED) is 0.292. The number of nitrogens with zero attached hydrogens (tertiary/aromatic N) is 2. The van der Waals surface area contributed by atoms with Crippen molar-refractivity contribution in [3.63, 3.8) is 0 Å². The minimum Gasteiger partial charge on any atom is -0.352 e. The van der Waals surface area contributed by atoms with E-state index in [-0.39, 0.29) is 24.9 Å². The number of rotatable bonds is 12. The monoisotopic (exact) mass is 627 g/mol. The first-order valence-corrected chi connectivity index (χ1v) is 16.0. The van der Waals surface area contributed by atoms with Crippen LogP contribution in [0.2, 0.25) is 0 Å². The Morgan fingerprint density at radius 2 is 1.60 bits per heavy atom. The number of hydrogen-bond donors (Lipinski definition) is 1. The smallest absolute Gasteiger partial charge is 0.244 e. The van der Waals surface area contributed by atoms with Gasteiger partial charge in [-0.3, -0.25) is 13.9 Å². The summed E-state index contributed by atoms with van der Waals surface area (Å²) < 4.78 is 28.0. The molecule has 0 saturated heterocycles. The molecule has 0 bridgehead atoms. The largest absolute Gasteiger partial charge is 0.352 e. The van der Waals surface area contributed by atoms with E-state index < -0.39 is 28.5 Å². The predicted molar refractivity (Wildman–Crippen MR) is 165 cm³/mol. The second-order valence-corrected chi connectivity index (χ2v) is 13.1. The maximum absolute atomic E-state index is 14.1. The number of amides is 2. The Labute approximate surface area is 246 Å². The first-order chi connectivity index (χ1) is 18.9. The second kappa shape index (κ2) is 13.9. The molecule has 0 heterocycles. The van der Waals surface area contributed by atoms with Crippen molar-refractivity contribution < 1.29 is 18.0 Å². The van der Waals surface area contributed by atoms with E-state index in [0.717, 1.165) is 43.7 Å². The van der Waals surface area contributed by atoms with Crippen LogP contribution in [0.25, 0.3) is 0 Å². The van der Waals surface area contributed by atoms with E-state index in [1.165, 1.54) is 4.90 Å². The highest BCUT2D eigenvalue weighted by molar-refractivity contribution is 9.10. The summed E-state index contributed by atoms with van der Waals surface area (Å²) in [6.07, 6.45) is 2.11. The van der Waals surface area contributed by atoms with Crippen molar-refractivity contribution in [2.24, 2.45) is 0 Å². The number of anilines is 1. The average Bonchev–Trinajstić information content (AvgIpc) is 2.90. The van der Waals surface area contributed by atoms with Gasteiger partial charge in [-0.25, -0.2) is 8.42 Å². The van der Waals surface area contributed by atoms with E-state index in [1.54, 1.807) is 6.07 Å². The molecule has 3 aromatic rings. The van der Waals surface area contributed by atoms with Gasteiger partial charge in [0, 0.05) is 23.5 Å². The number of nitrogens with one attached hydrogen (secondary N) is 1. The number of hydrogen-bond acceptors (Lipinski definition) is 4. The van der Waals surface area contributed by atoms with E-state index in [1.807, 2.05) is 94.4 Å². The molecular weight excluding hydrogens is 590 g/mol. The Bertz CT molecular complexity index is 1410. The van der Waals surface area contributed by atoms with E-state index in [4.69, 9.17) is 0 Å². The summed E-state index contributed by atoms with van der Waals surface area (Å²) in [5, 5.41) is 3.04. The SMILES string of the molecule is CC[C@H](C)NC(=O)[C@H](Cc1ccccc1)N(Cc1ccc(Br)cc1)C(=O)CN(c1ccc(C)cc1C)S(C)(=O)=O. The molecule has 0 radical (unpaired) electrons. The Balaban J connectivity index is 2.07. The van der Waals surface area contributed by atoms with E-state index in [2.05, 4.69) is 21.2 Å². The molecule has 0 aliphatic carbocycles. The van der Waals surface area contributed by atoms with Crippen LogP contribution in [0.5, 0.6) is 0 Å². The average molecular weight is 629 g/mol. The van der Waals surface area contributed by atoms with Gasteiger partial charge in [-0.2, -0.15) is 0 Å². The summed E-state index contributed by atoms with van der Waals surface area (Å²) in [7, 11) is -3.81. The standard InChI is InChI=1S/C31H38BrN3O4S/c1-6-24(4)33-31(37)29(19-25-10-8-7-9-11-25)34(20-26-13-15-27(32)16-14-26)30(36)21-35(40(5,38)39)28-17-12-22(2)18-23(28)3/h7-18,24,29H,6,19-21H2,1-5H3,(H,33,37)/t24-,29-/m0/s1. The first kappa shape index (κ1) is 31.4. The zero-order valence-corrected chi connectivity index (χ0v) is 26.1. The number of aryl methyl sites for hydroxylation is 2. The third-order valence-corrected chi connectivity index (χ3v) is 8.49. The van der Waals surface area contributed by atoms with Crippen molar-refractivity contribution >= 4 is 43.5 Å². The Hall–Kier alpha value is -3.17. The highest BCUT2D eigenvalue weighted by Gasteiger charge is 2.33. The van der Waals surface area contributed by atoms with Crippen LogP contribution in [0.1, 0.15) is 42.5 Å². The zero-order valence-electron chi connectivity index (χ0n) is 23.7. The van der Waals surface area contributed by atoms with Gasteiger partial charge in [0.05, 0.1) is 11.9 Å². The molecular formula is C31H38BrN3O4S. The molecule has 2 amide bonds. The highest BCUT2D eigenvalue weighted by atomic mass is 79.9. The maximum atomic E-state index is 14.1. The van der Waals surface area contributed by atoms with Crippen molar-refractivity contribution in [3.05, 3.63) is 99.5 Å². The van der Waals surface area contributed by atoms with Gasteiger partial charge >= 0.3 is 0 Å².